The summed E-state index contributed by atoms with van der Waals surface area (Å²) in [6, 6.07) is 15.4. The van der Waals surface area contributed by atoms with Crippen LogP contribution < -0.4 is 9.47 Å². The van der Waals surface area contributed by atoms with Crippen molar-refractivity contribution < 1.29 is 18.9 Å². The number of allylic oxidation sites excluding steroid dienone is 2. The lowest BCUT2D eigenvalue weighted by Gasteiger charge is -2.24. The van der Waals surface area contributed by atoms with E-state index in [2.05, 4.69) is 62.4 Å². The van der Waals surface area contributed by atoms with Crippen molar-refractivity contribution in [2.75, 3.05) is 26.4 Å². The van der Waals surface area contributed by atoms with Crippen molar-refractivity contribution >= 4 is 5.57 Å². The second kappa shape index (κ2) is 9.68. The predicted molar refractivity (Wildman–Crippen MR) is 127 cm³/mol. The van der Waals surface area contributed by atoms with Crippen LogP contribution in [0.15, 0.2) is 48.5 Å². The van der Waals surface area contributed by atoms with Gasteiger partial charge in [-0.3, -0.25) is 0 Å². The Balaban J connectivity index is 1.24. The fourth-order valence-electron chi connectivity index (χ4n) is 4.42. The molecule has 0 N–H and O–H groups in total. The van der Waals surface area contributed by atoms with Gasteiger partial charge >= 0.3 is 0 Å². The first-order chi connectivity index (χ1) is 15.7. The van der Waals surface area contributed by atoms with E-state index in [1.165, 1.54) is 28.7 Å². The van der Waals surface area contributed by atoms with E-state index in [4.69, 9.17) is 18.9 Å². The van der Waals surface area contributed by atoms with Crippen molar-refractivity contribution in [1.29, 1.82) is 0 Å². The Morgan fingerprint density at radius 3 is 2.31 bits per heavy atom. The zero-order valence-corrected chi connectivity index (χ0v) is 19.2. The van der Waals surface area contributed by atoms with Gasteiger partial charge in [-0.1, -0.05) is 38.1 Å². The van der Waals surface area contributed by atoms with Gasteiger partial charge in [-0.05, 0) is 84.0 Å². The SMILES string of the molecule is CCC(C)c1cc(C2=CCC(c3ccc(OCC4CO4)cc3)CC2)ccc1OCC1CO1. The second-order valence-corrected chi connectivity index (χ2v) is 9.36. The summed E-state index contributed by atoms with van der Waals surface area (Å²) in [5, 5.41) is 0. The fraction of sp³-hybridized carbons (Fsp3) is 0.500. The van der Waals surface area contributed by atoms with Crippen LogP contribution in [-0.4, -0.2) is 38.6 Å². The first-order valence-electron chi connectivity index (χ1n) is 12.1. The number of hydrogen-bond acceptors (Lipinski definition) is 4. The van der Waals surface area contributed by atoms with Crippen molar-refractivity contribution in [3.63, 3.8) is 0 Å². The van der Waals surface area contributed by atoms with Crippen LogP contribution in [0.3, 0.4) is 0 Å². The summed E-state index contributed by atoms with van der Waals surface area (Å²) < 4.78 is 22.4. The van der Waals surface area contributed by atoms with Crippen molar-refractivity contribution in [2.45, 2.75) is 63.6 Å². The molecule has 0 amide bonds. The topological polar surface area (TPSA) is 43.5 Å². The third-order valence-electron chi connectivity index (χ3n) is 6.95. The molecule has 2 aromatic rings. The zero-order valence-electron chi connectivity index (χ0n) is 19.2. The Labute approximate surface area is 191 Å². The maximum Gasteiger partial charge on any atom is 0.122 e. The molecule has 2 aliphatic heterocycles. The van der Waals surface area contributed by atoms with Gasteiger partial charge in [-0.2, -0.15) is 0 Å². The predicted octanol–water partition coefficient (Wildman–Crippen LogP) is 6.11. The average molecular weight is 435 g/mol. The molecule has 4 atom stereocenters. The van der Waals surface area contributed by atoms with Crippen LogP contribution in [0.2, 0.25) is 0 Å². The van der Waals surface area contributed by atoms with E-state index < -0.39 is 0 Å². The Morgan fingerprint density at radius 2 is 1.69 bits per heavy atom. The average Bonchev–Trinajstić information content (AvgIpc) is 3.77. The molecule has 170 valence electrons. The monoisotopic (exact) mass is 434 g/mol. The molecule has 2 heterocycles. The minimum atomic E-state index is 0.283. The molecular formula is C28H34O4. The van der Waals surface area contributed by atoms with Crippen molar-refractivity contribution in [3.8, 4) is 11.5 Å². The van der Waals surface area contributed by atoms with Crippen LogP contribution in [0.4, 0.5) is 0 Å². The van der Waals surface area contributed by atoms with E-state index in [9.17, 15) is 0 Å². The molecule has 5 rings (SSSR count). The van der Waals surface area contributed by atoms with E-state index in [1.54, 1.807) is 0 Å². The van der Waals surface area contributed by atoms with Crippen molar-refractivity contribution in [2.24, 2.45) is 0 Å². The third kappa shape index (κ3) is 5.36. The maximum atomic E-state index is 6.08. The van der Waals surface area contributed by atoms with Gasteiger partial charge < -0.3 is 18.9 Å². The molecule has 4 heteroatoms. The van der Waals surface area contributed by atoms with E-state index in [0.29, 0.717) is 31.2 Å². The molecule has 2 fully saturated rings. The van der Waals surface area contributed by atoms with Gasteiger partial charge in [0.05, 0.1) is 13.2 Å². The van der Waals surface area contributed by atoms with Crippen LogP contribution in [0.1, 0.15) is 68.1 Å². The van der Waals surface area contributed by atoms with E-state index in [1.807, 2.05) is 0 Å². The number of ether oxygens (including phenoxy) is 4. The van der Waals surface area contributed by atoms with Crippen LogP contribution in [0.25, 0.3) is 5.57 Å². The van der Waals surface area contributed by atoms with E-state index in [0.717, 1.165) is 44.0 Å². The summed E-state index contributed by atoms with van der Waals surface area (Å²) in [5.41, 5.74) is 5.54. The molecule has 3 aliphatic rings. The van der Waals surface area contributed by atoms with E-state index in [-0.39, 0.29) is 6.10 Å². The Hall–Kier alpha value is -2.30. The standard InChI is InChI=1S/C28H34O4/c1-3-19(2)27-14-23(10-13-28(27)32-18-26-17-31-26)22-6-4-20(5-7-22)21-8-11-24(12-9-21)29-15-25-16-30-25/h6,8-14,19-20,25-26H,3-5,7,15-18H2,1-2H3. The van der Waals surface area contributed by atoms with Crippen LogP contribution in [-0.2, 0) is 9.47 Å². The Kier molecular flexibility index (Phi) is 6.52. The lowest BCUT2D eigenvalue weighted by atomic mass is 9.82. The molecule has 2 aromatic carbocycles. The number of benzene rings is 2. The molecule has 0 bridgehead atoms. The smallest absolute Gasteiger partial charge is 0.122 e. The van der Waals surface area contributed by atoms with Crippen molar-refractivity contribution in [3.05, 3.63) is 65.2 Å². The molecule has 32 heavy (non-hydrogen) atoms. The van der Waals surface area contributed by atoms with Gasteiger partial charge in [0.15, 0.2) is 0 Å². The Bertz CT molecular complexity index is 940. The summed E-state index contributed by atoms with van der Waals surface area (Å²) in [7, 11) is 0. The molecule has 0 radical (unpaired) electrons. The van der Waals surface area contributed by atoms with Gasteiger partial charge in [0.25, 0.3) is 0 Å². The van der Waals surface area contributed by atoms with E-state index >= 15 is 0 Å². The third-order valence-corrected chi connectivity index (χ3v) is 6.95. The summed E-state index contributed by atoms with van der Waals surface area (Å²) in [6.45, 7) is 7.51. The van der Waals surface area contributed by atoms with Gasteiger partial charge in [-0.15, -0.1) is 0 Å². The highest BCUT2D eigenvalue weighted by molar-refractivity contribution is 5.68. The largest absolute Gasteiger partial charge is 0.491 e. The lowest BCUT2D eigenvalue weighted by Crippen LogP contribution is -2.08. The molecule has 1 aliphatic carbocycles. The first-order valence-corrected chi connectivity index (χ1v) is 12.1. The first kappa shape index (κ1) is 21.5. The lowest BCUT2D eigenvalue weighted by molar-refractivity contribution is 0.260. The number of hydrogen-bond donors (Lipinski definition) is 0. The Morgan fingerprint density at radius 1 is 0.969 bits per heavy atom. The number of rotatable bonds is 10. The van der Waals surface area contributed by atoms with Crippen LogP contribution in [0.5, 0.6) is 11.5 Å². The molecule has 0 saturated carbocycles. The zero-order chi connectivity index (χ0) is 21.9. The fourth-order valence-corrected chi connectivity index (χ4v) is 4.42. The summed E-state index contributed by atoms with van der Waals surface area (Å²) in [4.78, 5) is 0. The molecule has 4 nitrogen and oxygen atoms in total. The van der Waals surface area contributed by atoms with Gasteiger partial charge in [0, 0.05) is 0 Å². The molecule has 0 spiro atoms. The normalized spacial score (nSPS) is 25.1. The summed E-state index contributed by atoms with van der Waals surface area (Å²) >= 11 is 0. The van der Waals surface area contributed by atoms with Gasteiger partial charge in [-0.25, -0.2) is 0 Å². The molecule has 0 aromatic heterocycles. The van der Waals surface area contributed by atoms with Crippen LogP contribution in [0, 0.1) is 0 Å². The molecular weight excluding hydrogens is 400 g/mol. The molecule has 4 unspecified atom stereocenters. The second-order valence-electron chi connectivity index (χ2n) is 9.36. The maximum absolute atomic E-state index is 6.08. The highest BCUT2D eigenvalue weighted by Crippen LogP contribution is 2.39. The quantitative estimate of drug-likeness (QED) is 0.423. The summed E-state index contributed by atoms with van der Waals surface area (Å²) in [6.07, 6.45) is 7.50. The van der Waals surface area contributed by atoms with Crippen LogP contribution >= 0.6 is 0 Å². The minimum Gasteiger partial charge on any atom is -0.491 e. The minimum absolute atomic E-state index is 0.283. The number of epoxide rings is 2. The molecule has 2 saturated heterocycles. The van der Waals surface area contributed by atoms with Crippen molar-refractivity contribution in [1.82, 2.24) is 0 Å². The highest BCUT2D eigenvalue weighted by atomic mass is 16.6. The van der Waals surface area contributed by atoms with Gasteiger partial charge in [0.2, 0.25) is 0 Å². The highest BCUT2D eigenvalue weighted by Gasteiger charge is 2.25. The van der Waals surface area contributed by atoms with Gasteiger partial charge in [0.1, 0.15) is 36.9 Å². The summed E-state index contributed by atoms with van der Waals surface area (Å²) in [5.74, 6) is 3.01.